The van der Waals surface area contributed by atoms with Gasteiger partial charge in [0.2, 0.25) is 0 Å². The molecule has 0 spiro atoms. The van der Waals surface area contributed by atoms with Crippen molar-refractivity contribution in [1.82, 2.24) is 9.78 Å². The largest absolute Gasteiger partial charge is 0.279 e. The maximum atomic E-state index is 13.2. The van der Waals surface area contributed by atoms with Crippen molar-refractivity contribution in [3.63, 3.8) is 0 Å². The van der Waals surface area contributed by atoms with E-state index in [0.29, 0.717) is 16.4 Å². The molecule has 0 bridgehead atoms. The SMILES string of the molecule is Cc1ccc(NS(=O)(=O)c2cn(-c3ccccc3)nc2-c2cccs2)cc1Cl. The van der Waals surface area contributed by atoms with Crippen molar-refractivity contribution in [2.45, 2.75) is 11.8 Å². The van der Waals surface area contributed by atoms with Crippen LogP contribution in [0.25, 0.3) is 16.3 Å². The molecule has 0 saturated heterocycles. The summed E-state index contributed by atoms with van der Waals surface area (Å²) in [4.78, 5) is 0.882. The summed E-state index contributed by atoms with van der Waals surface area (Å²) in [6.07, 6.45) is 1.53. The van der Waals surface area contributed by atoms with Crippen molar-refractivity contribution >= 4 is 38.6 Å². The molecular weight excluding hydrogens is 414 g/mol. The molecule has 0 atom stereocenters. The summed E-state index contributed by atoms with van der Waals surface area (Å²) in [7, 11) is -3.87. The highest BCUT2D eigenvalue weighted by Crippen LogP contribution is 2.32. The Morgan fingerprint density at radius 2 is 1.86 bits per heavy atom. The first-order valence-corrected chi connectivity index (χ1v) is 11.2. The van der Waals surface area contributed by atoms with Crippen LogP contribution in [0.5, 0.6) is 0 Å². The number of nitrogens with one attached hydrogen (secondary N) is 1. The second-order valence-corrected chi connectivity index (χ2v) is 9.17. The summed E-state index contributed by atoms with van der Waals surface area (Å²) in [5, 5.41) is 6.93. The number of thiophene rings is 1. The minimum absolute atomic E-state index is 0.107. The molecule has 0 unspecified atom stereocenters. The van der Waals surface area contributed by atoms with E-state index in [-0.39, 0.29) is 4.90 Å². The highest BCUT2D eigenvalue weighted by atomic mass is 35.5. The molecule has 5 nitrogen and oxygen atoms in total. The lowest BCUT2D eigenvalue weighted by molar-refractivity contribution is 0.601. The minimum Gasteiger partial charge on any atom is -0.279 e. The quantitative estimate of drug-likeness (QED) is 0.464. The number of hydrogen-bond donors (Lipinski definition) is 1. The summed E-state index contributed by atoms with van der Waals surface area (Å²) >= 11 is 7.57. The van der Waals surface area contributed by atoms with Crippen molar-refractivity contribution in [3.05, 3.63) is 82.8 Å². The van der Waals surface area contributed by atoms with E-state index in [1.807, 2.05) is 54.8 Å². The standard InChI is InChI=1S/C20H16ClN3O2S2/c1-14-9-10-15(12-17(14)21)23-28(25,26)19-13-24(16-6-3-2-4-7-16)22-20(19)18-8-5-11-27-18/h2-13,23H,1H3. The first kappa shape index (κ1) is 18.7. The van der Waals surface area contributed by atoms with Crippen LogP contribution in [0.4, 0.5) is 5.69 Å². The zero-order valence-corrected chi connectivity index (χ0v) is 17.2. The van der Waals surface area contributed by atoms with E-state index in [1.165, 1.54) is 17.5 Å². The molecule has 142 valence electrons. The van der Waals surface area contributed by atoms with Gasteiger partial charge in [-0.2, -0.15) is 5.10 Å². The van der Waals surface area contributed by atoms with Gasteiger partial charge in [-0.3, -0.25) is 4.72 Å². The van der Waals surface area contributed by atoms with Crippen LogP contribution < -0.4 is 4.72 Å². The molecule has 1 N–H and O–H groups in total. The summed E-state index contributed by atoms with van der Waals surface area (Å²) in [6.45, 7) is 1.86. The third-order valence-corrected chi connectivity index (χ3v) is 6.84. The third kappa shape index (κ3) is 3.69. The fourth-order valence-corrected chi connectivity index (χ4v) is 4.88. The maximum absolute atomic E-state index is 13.2. The van der Waals surface area contributed by atoms with E-state index < -0.39 is 10.0 Å². The van der Waals surface area contributed by atoms with Crippen LogP contribution >= 0.6 is 22.9 Å². The predicted octanol–water partition coefficient (Wildman–Crippen LogP) is 5.36. The lowest BCUT2D eigenvalue weighted by atomic mass is 10.2. The molecule has 0 amide bonds. The van der Waals surface area contributed by atoms with Gasteiger partial charge in [-0.05, 0) is 48.2 Å². The lowest BCUT2D eigenvalue weighted by Crippen LogP contribution is -2.13. The number of nitrogens with zero attached hydrogens (tertiary/aromatic N) is 2. The maximum Gasteiger partial charge on any atom is 0.265 e. The van der Waals surface area contributed by atoms with E-state index in [2.05, 4.69) is 9.82 Å². The van der Waals surface area contributed by atoms with Crippen LogP contribution in [-0.2, 0) is 10.0 Å². The molecule has 0 aliphatic heterocycles. The number of benzene rings is 2. The van der Waals surface area contributed by atoms with Gasteiger partial charge in [0.25, 0.3) is 10.0 Å². The van der Waals surface area contributed by atoms with Gasteiger partial charge in [-0.15, -0.1) is 11.3 Å². The smallest absolute Gasteiger partial charge is 0.265 e. The van der Waals surface area contributed by atoms with Gasteiger partial charge in [0, 0.05) is 5.02 Å². The van der Waals surface area contributed by atoms with E-state index in [1.54, 1.807) is 22.9 Å². The summed E-state index contributed by atoms with van der Waals surface area (Å²) in [5.41, 5.74) is 2.46. The van der Waals surface area contributed by atoms with Gasteiger partial charge in [-0.25, -0.2) is 13.1 Å². The summed E-state index contributed by atoms with van der Waals surface area (Å²) in [6, 6.07) is 18.2. The van der Waals surface area contributed by atoms with Gasteiger partial charge in [0.1, 0.15) is 10.6 Å². The molecule has 2 heterocycles. The Hall–Kier alpha value is -2.61. The number of aromatic nitrogens is 2. The number of hydrogen-bond acceptors (Lipinski definition) is 4. The molecule has 0 fully saturated rings. The van der Waals surface area contributed by atoms with Crippen LogP contribution in [0.2, 0.25) is 5.02 Å². The predicted molar refractivity (Wildman–Crippen MR) is 114 cm³/mol. The number of aryl methyl sites for hydroxylation is 1. The van der Waals surface area contributed by atoms with E-state index in [9.17, 15) is 8.42 Å². The molecule has 0 aliphatic rings. The zero-order valence-electron chi connectivity index (χ0n) is 14.8. The molecule has 0 radical (unpaired) electrons. The molecule has 0 saturated carbocycles. The minimum atomic E-state index is -3.87. The van der Waals surface area contributed by atoms with Gasteiger partial charge in [-0.1, -0.05) is 41.9 Å². The molecule has 0 aliphatic carbocycles. The molecule has 8 heteroatoms. The van der Waals surface area contributed by atoms with Crippen LogP contribution in [0.15, 0.2) is 77.1 Å². The number of halogens is 1. The Morgan fingerprint density at radius 3 is 2.54 bits per heavy atom. The highest BCUT2D eigenvalue weighted by Gasteiger charge is 2.25. The zero-order chi connectivity index (χ0) is 19.7. The van der Waals surface area contributed by atoms with Crippen molar-refractivity contribution in [3.8, 4) is 16.3 Å². The van der Waals surface area contributed by atoms with Gasteiger partial charge < -0.3 is 0 Å². The second kappa shape index (κ2) is 7.43. The van der Waals surface area contributed by atoms with Crippen LogP contribution in [0.1, 0.15) is 5.56 Å². The Balaban J connectivity index is 1.80. The molecule has 2 aromatic carbocycles. The lowest BCUT2D eigenvalue weighted by Gasteiger charge is -2.09. The monoisotopic (exact) mass is 429 g/mol. The number of anilines is 1. The average Bonchev–Trinajstić information content (AvgIpc) is 3.35. The Kier molecular flexibility index (Phi) is 4.97. The summed E-state index contributed by atoms with van der Waals surface area (Å²) < 4.78 is 30.5. The molecule has 4 aromatic rings. The fraction of sp³-hybridized carbons (Fsp3) is 0.0500. The van der Waals surface area contributed by atoms with Gasteiger partial charge >= 0.3 is 0 Å². The van der Waals surface area contributed by atoms with Crippen LogP contribution in [0, 0.1) is 6.92 Å². The molecular formula is C20H16ClN3O2S2. The van der Waals surface area contributed by atoms with Gasteiger partial charge in [0.05, 0.1) is 22.4 Å². The van der Waals surface area contributed by atoms with Crippen molar-refractivity contribution in [2.24, 2.45) is 0 Å². The van der Waals surface area contributed by atoms with E-state index in [4.69, 9.17) is 11.6 Å². The van der Waals surface area contributed by atoms with Crippen LogP contribution in [-0.4, -0.2) is 18.2 Å². The normalized spacial score (nSPS) is 11.5. The Bertz CT molecular complexity index is 1220. The van der Waals surface area contributed by atoms with E-state index >= 15 is 0 Å². The Morgan fingerprint density at radius 1 is 1.07 bits per heavy atom. The topological polar surface area (TPSA) is 64.0 Å². The molecule has 2 aromatic heterocycles. The van der Waals surface area contributed by atoms with Gasteiger partial charge in [0.15, 0.2) is 0 Å². The third-order valence-electron chi connectivity index (χ3n) is 4.17. The first-order valence-electron chi connectivity index (χ1n) is 8.42. The second-order valence-electron chi connectivity index (χ2n) is 6.17. The van der Waals surface area contributed by atoms with Crippen LogP contribution in [0.3, 0.4) is 0 Å². The highest BCUT2D eigenvalue weighted by molar-refractivity contribution is 7.92. The van der Waals surface area contributed by atoms with E-state index in [0.717, 1.165) is 16.1 Å². The first-order chi connectivity index (χ1) is 13.4. The molecule has 28 heavy (non-hydrogen) atoms. The molecule has 4 rings (SSSR count). The number of rotatable bonds is 5. The Labute approximate surface area is 172 Å². The number of para-hydroxylation sites is 1. The summed E-state index contributed by atoms with van der Waals surface area (Å²) in [5.74, 6) is 0. The number of sulfonamides is 1. The fourth-order valence-electron chi connectivity index (χ4n) is 2.72. The van der Waals surface area contributed by atoms with Crippen molar-refractivity contribution in [1.29, 1.82) is 0 Å². The van der Waals surface area contributed by atoms with Crippen molar-refractivity contribution < 1.29 is 8.42 Å². The average molecular weight is 430 g/mol. The van der Waals surface area contributed by atoms with Crippen molar-refractivity contribution in [2.75, 3.05) is 4.72 Å².